The summed E-state index contributed by atoms with van der Waals surface area (Å²) in [5, 5.41) is 17.8. The largest absolute Gasteiger partial charge is 0.478 e. The minimum Gasteiger partial charge on any atom is -0.478 e. The highest BCUT2D eigenvalue weighted by Gasteiger charge is 2.32. The van der Waals surface area contributed by atoms with Crippen LogP contribution >= 0.6 is 0 Å². The van der Waals surface area contributed by atoms with Crippen molar-refractivity contribution in [2.24, 2.45) is 5.73 Å². The fourth-order valence-electron chi connectivity index (χ4n) is 0.816. The second kappa shape index (κ2) is 2.92. The number of aliphatic carboxylic acids is 1. The van der Waals surface area contributed by atoms with E-state index >= 15 is 0 Å². The molecule has 4 nitrogen and oxygen atoms in total. The number of benzene rings is 1. The van der Waals surface area contributed by atoms with Crippen LogP contribution in [0.25, 0.3) is 0 Å². The first-order chi connectivity index (χ1) is 5.55. The summed E-state index contributed by atoms with van der Waals surface area (Å²) in [5.41, 5.74) is 3.01. The van der Waals surface area contributed by atoms with Crippen LogP contribution in [-0.4, -0.2) is 16.2 Å². The Balaban J connectivity index is 3.06. The molecule has 1 rings (SSSR count). The minimum atomic E-state index is -2.29. The Morgan fingerprint density at radius 1 is 1.33 bits per heavy atom. The van der Waals surface area contributed by atoms with Gasteiger partial charge in [-0.2, -0.15) is 0 Å². The van der Waals surface area contributed by atoms with Crippen molar-refractivity contribution in [1.29, 1.82) is 0 Å². The predicted octanol–water partition coefficient (Wildman–Crippen LogP) is -0.125. The Hall–Kier alpha value is -1.39. The number of carboxylic acid groups (broad SMARTS) is 1. The van der Waals surface area contributed by atoms with Gasteiger partial charge >= 0.3 is 5.97 Å². The van der Waals surface area contributed by atoms with Crippen molar-refractivity contribution < 1.29 is 15.0 Å². The number of carboxylic acids is 1. The van der Waals surface area contributed by atoms with E-state index in [-0.39, 0.29) is 5.56 Å². The molecule has 1 atom stereocenters. The zero-order valence-electron chi connectivity index (χ0n) is 6.27. The minimum absolute atomic E-state index is 0.164. The molecule has 0 radical (unpaired) electrons. The Morgan fingerprint density at radius 2 is 1.83 bits per heavy atom. The summed E-state index contributed by atoms with van der Waals surface area (Å²) in [6.07, 6.45) is 0. The van der Waals surface area contributed by atoms with Crippen molar-refractivity contribution in [2.45, 2.75) is 5.72 Å². The third kappa shape index (κ3) is 1.44. The maximum atomic E-state index is 10.4. The van der Waals surface area contributed by atoms with Crippen LogP contribution in [-0.2, 0) is 10.5 Å². The Labute approximate surface area is 69.3 Å². The van der Waals surface area contributed by atoms with E-state index in [1.165, 1.54) is 12.1 Å². The molecule has 0 saturated heterocycles. The lowest BCUT2D eigenvalue weighted by Gasteiger charge is -2.17. The number of hydrogen-bond acceptors (Lipinski definition) is 3. The van der Waals surface area contributed by atoms with E-state index in [1.807, 2.05) is 0 Å². The smallest absolute Gasteiger partial charge is 0.356 e. The van der Waals surface area contributed by atoms with E-state index in [2.05, 4.69) is 0 Å². The monoisotopic (exact) mass is 167 g/mol. The summed E-state index contributed by atoms with van der Waals surface area (Å²) in [7, 11) is 0. The van der Waals surface area contributed by atoms with Gasteiger partial charge in [-0.3, -0.25) is 5.73 Å². The van der Waals surface area contributed by atoms with Crippen molar-refractivity contribution in [1.82, 2.24) is 0 Å². The van der Waals surface area contributed by atoms with Gasteiger partial charge < -0.3 is 10.2 Å². The second-order valence-electron chi connectivity index (χ2n) is 2.44. The third-order valence-corrected chi connectivity index (χ3v) is 1.54. The lowest BCUT2D eigenvalue weighted by atomic mass is 10.0. The van der Waals surface area contributed by atoms with Crippen LogP contribution in [0.4, 0.5) is 0 Å². The van der Waals surface area contributed by atoms with Gasteiger partial charge in [0.2, 0.25) is 5.72 Å². The lowest BCUT2D eigenvalue weighted by molar-refractivity contribution is -0.159. The summed E-state index contributed by atoms with van der Waals surface area (Å²) in [4.78, 5) is 10.4. The van der Waals surface area contributed by atoms with Crippen LogP contribution in [0.15, 0.2) is 30.3 Å². The molecule has 4 N–H and O–H groups in total. The maximum absolute atomic E-state index is 10.4. The molecule has 0 bridgehead atoms. The topological polar surface area (TPSA) is 83.5 Å². The first-order valence-corrected chi connectivity index (χ1v) is 3.35. The van der Waals surface area contributed by atoms with Crippen molar-refractivity contribution >= 4 is 5.97 Å². The molecule has 0 aliphatic rings. The zero-order chi connectivity index (χ0) is 9.19. The Morgan fingerprint density at radius 3 is 2.25 bits per heavy atom. The van der Waals surface area contributed by atoms with E-state index in [9.17, 15) is 9.90 Å². The highest BCUT2D eigenvalue weighted by Crippen LogP contribution is 2.13. The average molecular weight is 167 g/mol. The fourth-order valence-corrected chi connectivity index (χ4v) is 0.816. The molecule has 0 fully saturated rings. The first kappa shape index (κ1) is 8.70. The van der Waals surface area contributed by atoms with Gasteiger partial charge in [0.15, 0.2) is 0 Å². The molecule has 64 valence electrons. The van der Waals surface area contributed by atoms with Gasteiger partial charge in [-0.05, 0) is 0 Å². The normalized spacial score (nSPS) is 15.2. The van der Waals surface area contributed by atoms with E-state index in [0.29, 0.717) is 0 Å². The van der Waals surface area contributed by atoms with Gasteiger partial charge in [0, 0.05) is 5.56 Å². The van der Waals surface area contributed by atoms with Crippen LogP contribution in [0.1, 0.15) is 5.56 Å². The lowest BCUT2D eigenvalue weighted by Crippen LogP contribution is -2.44. The molecule has 1 aromatic rings. The van der Waals surface area contributed by atoms with Crippen molar-refractivity contribution in [3.05, 3.63) is 35.9 Å². The van der Waals surface area contributed by atoms with Crippen LogP contribution in [0, 0.1) is 0 Å². The van der Waals surface area contributed by atoms with Gasteiger partial charge in [-0.1, -0.05) is 30.3 Å². The average Bonchev–Trinajstić information content (AvgIpc) is 2.06. The second-order valence-corrected chi connectivity index (χ2v) is 2.44. The molecule has 0 amide bonds. The predicted molar refractivity (Wildman–Crippen MR) is 42.2 cm³/mol. The Bertz CT molecular complexity index is 282. The number of nitrogens with two attached hydrogens (primary N) is 1. The van der Waals surface area contributed by atoms with E-state index in [1.54, 1.807) is 18.2 Å². The van der Waals surface area contributed by atoms with E-state index < -0.39 is 11.7 Å². The van der Waals surface area contributed by atoms with Crippen molar-refractivity contribution in [2.75, 3.05) is 0 Å². The van der Waals surface area contributed by atoms with Crippen LogP contribution in [0.2, 0.25) is 0 Å². The highest BCUT2D eigenvalue weighted by atomic mass is 16.4. The molecule has 1 aromatic carbocycles. The number of hydrogen-bond donors (Lipinski definition) is 3. The van der Waals surface area contributed by atoms with Crippen LogP contribution in [0.5, 0.6) is 0 Å². The summed E-state index contributed by atoms with van der Waals surface area (Å²) in [6.45, 7) is 0. The zero-order valence-corrected chi connectivity index (χ0v) is 6.27. The fraction of sp³-hybridized carbons (Fsp3) is 0.125. The van der Waals surface area contributed by atoms with E-state index in [0.717, 1.165) is 0 Å². The molecule has 12 heavy (non-hydrogen) atoms. The highest BCUT2D eigenvalue weighted by molar-refractivity contribution is 5.78. The van der Waals surface area contributed by atoms with Crippen molar-refractivity contribution in [3.8, 4) is 0 Å². The van der Waals surface area contributed by atoms with Gasteiger partial charge in [-0.25, -0.2) is 4.79 Å². The molecule has 0 spiro atoms. The molecule has 0 aliphatic heterocycles. The molecule has 0 heterocycles. The Kier molecular flexibility index (Phi) is 2.12. The number of rotatable bonds is 2. The quantitative estimate of drug-likeness (QED) is 0.536. The number of aliphatic hydroxyl groups is 1. The van der Waals surface area contributed by atoms with Crippen LogP contribution in [0.3, 0.4) is 0 Å². The van der Waals surface area contributed by atoms with E-state index in [4.69, 9.17) is 10.8 Å². The van der Waals surface area contributed by atoms with Gasteiger partial charge in [0.25, 0.3) is 0 Å². The SMILES string of the molecule is N[C@](O)(C(=O)O)c1ccccc1. The summed E-state index contributed by atoms with van der Waals surface area (Å²) < 4.78 is 0. The molecule has 0 aliphatic carbocycles. The standard InChI is InChI=1S/C8H9NO3/c9-8(12,7(10)11)6-4-2-1-3-5-6/h1-5,12H,9H2,(H,10,11)/t8-/m1/s1. The summed E-state index contributed by atoms with van der Waals surface area (Å²) in [6, 6.07) is 7.83. The van der Waals surface area contributed by atoms with Gasteiger partial charge in [0.05, 0.1) is 0 Å². The number of carbonyl (C=O) groups is 1. The molecular formula is C8H9NO3. The maximum Gasteiger partial charge on any atom is 0.356 e. The summed E-state index contributed by atoms with van der Waals surface area (Å²) >= 11 is 0. The molecule has 0 aromatic heterocycles. The third-order valence-electron chi connectivity index (χ3n) is 1.54. The van der Waals surface area contributed by atoms with Gasteiger partial charge in [0.1, 0.15) is 0 Å². The molecule has 0 saturated carbocycles. The molecule has 0 unspecified atom stereocenters. The first-order valence-electron chi connectivity index (χ1n) is 3.35. The van der Waals surface area contributed by atoms with Crippen LogP contribution < -0.4 is 5.73 Å². The summed E-state index contributed by atoms with van der Waals surface area (Å²) in [5.74, 6) is -1.46. The molecule has 4 heteroatoms. The van der Waals surface area contributed by atoms with Gasteiger partial charge in [-0.15, -0.1) is 0 Å². The van der Waals surface area contributed by atoms with Crippen molar-refractivity contribution in [3.63, 3.8) is 0 Å². The molecular weight excluding hydrogens is 158 g/mol.